The number of amides is 1. The first-order chi connectivity index (χ1) is 14.9. The standard InChI is InChI=1S/C22H28N6O2S/c1-15-6-7-16(2)19(12-15)28-22(24-25-26-28)31-14-21(29)23-13-20(27(3)4)17-8-10-18(30-5)11-9-17/h6-12,20H,13-14H2,1-5H3,(H,23,29). The Bertz CT molecular complexity index is 1020. The number of ether oxygens (including phenoxy) is 1. The summed E-state index contributed by atoms with van der Waals surface area (Å²) in [5, 5.41) is 15.6. The molecule has 0 bridgehead atoms. The Kier molecular flexibility index (Phi) is 7.64. The van der Waals surface area contributed by atoms with E-state index in [0.29, 0.717) is 11.7 Å². The van der Waals surface area contributed by atoms with E-state index >= 15 is 0 Å². The Labute approximate surface area is 187 Å². The minimum absolute atomic E-state index is 0.0557. The Balaban J connectivity index is 1.60. The van der Waals surface area contributed by atoms with Crippen LogP contribution in [0.3, 0.4) is 0 Å². The minimum atomic E-state index is -0.0686. The molecule has 1 aromatic heterocycles. The molecular weight excluding hydrogens is 412 g/mol. The maximum atomic E-state index is 12.5. The first-order valence-electron chi connectivity index (χ1n) is 9.95. The molecule has 2 aromatic carbocycles. The van der Waals surface area contributed by atoms with Gasteiger partial charge in [-0.25, -0.2) is 0 Å². The van der Waals surface area contributed by atoms with Crippen LogP contribution in [-0.4, -0.2) is 64.5 Å². The van der Waals surface area contributed by atoms with Crippen molar-refractivity contribution in [3.63, 3.8) is 0 Å². The van der Waals surface area contributed by atoms with Gasteiger partial charge in [0.05, 0.1) is 24.6 Å². The number of nitrogens with zero attached hydrogens (tertiary/aromatic N) is 5. The first-order valence-corrected chi connectivity index (χ1v) is 10.9. The van der Waals surface area contributed by atoms with Gasteiger partial charge in [0.2, 0.25) is 11.1 Å². The Morgan fingerprint density at radius 2 is 1.94 bits per heavy atom. The molecule has 31 heavy (non-hydrogen) atoms. The predicted octanol–water partition coefficient (Wildman–Crippen LogP) is 2.80. The van der Waals surface area contributed by atoms with Crippen LogP contribution in [0.15, 0.2) is 47.6 Å². The van der Waals surface area contributed by atoms with E-state index in [0.717, 1.165) is 28.1 Å². The quantitative estimate of drug-likeness (QED) is 0.512. The molecule has 1 N–H and O–H groups in total. The number of carbonyl (C=O) groups excluding carboxylic acids is 1. The van der Waals surface area contributed by atoms with Crippen LogP contribution in [0.4, 0.5) is 0 Å². The third-order valence-corrected chi connectivity index (χ3v) is 5.90. The van der Waals surface area contributed by atoms with Crippen molar-refractivity contribution in [2.24, 2.45) is 0 Å². The molecule has 0 aliphatic heterocycles. The highest BCUT2D eigenvalue weighted by Crippen LogP contribution is 2.23. The molecule has 1 amide bonds. The van der Waals surface area contributed by atoms with E-state index in [1.165, 1.54) is 11.8 Å². The highest BCUT2D eigenvalue weighted by atomic mass is 32.2. The second-order valence-electron chi connectivity index (χ2n) is 7.51. The number of benzene rings is 2. The first kappa shape index (κ1) is 22.8. The van der Waals surface area contributed by atoms with E-state index < -0.39 is 0 Å². The van der Waals surface area contributed by atoms with Gasteiger partial charge in [-0.15, -0.1) is 5.10 Å². The number of hydrogen-bond donors (Lipinski definition) is 1. The zero-order valence-electron chi connectivity index (χ0n) is 18.5. The lowest BCUT2D eigenvalue weighted by molar-refractivity contribution is -0.118. The van der Waals surface area contributed by atoms with E-state index in [2.05, 4.69) is 25.7 Å². The van der Waals surface area contributed by atoms with Gasteiger partial charge in [-0.05, 0) is 73.3 Å². The molecule has 1 heterocycles. The van der Waals surface area contributed by atoms with Crippen molar-refractivity contribution in [1.29, 1.82) is 0 Å². The van der Waals surface area contributed by atoms with Crippen LogP contribution in [0, 0.1) is 13.8 Å². The van der Waals surface area contributed by atoms with Gasteiger partial charge in [-0.2, -0.15) is 4.68 Å². The van der Waals surface area contributed by atoms with Crippen molar-refractivity contribution in [2.45, 2.75) is 25.0 Å². The zero-order chi connectivity index (χ0) is 22.4. The van der Waals surface area contributed by atoms with Crippen molar-refractivity contribution in [3.05, 3.63) is 59.2 Å². The second kappa shape index (κ2) is 10.4. The van der Waals surface area contributed by atoms with E-state index in [1.807, 2.05) is 70.4 Å². The largest absolute Gasteiger partial charge is 0.497 e. The highest BCUT2D eigenvalue weighted by molar-refractivity contribution is 7.99. The lowest BCUT2D eigenvalue weighted by Crippen LogP contribution is -2.35. The molecule has 0 aliphatic carbocycles. The molecule has 0 spiro atoms. The maximum absolute atomic E-state index is 12.5. The van der Waals surface area contributed by atoms with Crippen molar-refractivity contribution in [2.75, 3.05) is 33.5 Å². The molecule has 3 aromatic rings. The van der Waals surface area contributed by atoms with Gasteiger partial charge < -0.3 is 15.0 Å². The van der Waals surface area contributed by atoms with Gasteiger partial charge in [0, 0.05) is 6.54 Å². The van der Waals surface area contributed by atoms with Crippen LogP contribution in [0.2, 0.25) is 0 Å². The summed E-state index contributed by atoms with van der Waals surface area (Å²) in [5.41, 5.74) is 4.22. The molecule has 164 valence electrons. The third-order valence-electron chi connectivity index (χ3n) is 4.98. The summed E-state index contributed by atoms with van der Waals surface area (Å²) in [6, 6.07) is 14.1. The van der Waals surface area contributed by atoms with Crippen LogP contribution < -0.4 is 10.1 Å². The van der Waals surface area contributed by atoms with E-state index in [1.54, 1.807) is 11.8 Å². The molecule has 0 saturated carbocycles. The topological polar surface area (TPSA) is 85.2 Å². The molecule has 0 fully saturated rings. The normalized spacial score (nSPS) is 12.1. The Morgan fingerprint density at radius 1 is 1.19 bits per heavy atom. The number of likely N-dealkylation sites (N-methyl/N-ethyl adjacent to an activating group) is 1. The number of hydrogen-bond acceptors (Lipinski definition) is 7. The van der Waals surface area contributed by atoms with Crippen LogP contribution in [-0.2, 0) is 4.79 Å². The van der Waals surface area contributed by atoms with E-state index in [-0.39, 0.29) is 17.7 Å². The van der Waals surface area contributed by atoms with Crippen LogP contribution >= 0.6 is 11.8 Å². The summed E-state index contributed by atoms with van der Waals surface area (Å²) in [7, 11) is 5.63. The number of aromatic nitrogens is 4. The van der Waals surface area contributed by atoms with Crippen molar-refractivity contribution in [3.8, 4) is 11.4 Å². The number of aryl methyl sites for hydroxylation is 2. The fraction of sp³-hybridized carbons (Fsp3) is 0.364. The van der Waals surface area contributed by atoms with Gasteiger partial charge in [0.1, 0.15) is 5.75 Å². The predicted molar refractivity (Wildman–Crippen MR) is 122 cm³/mol. The third kappa shape index (κ3) is 5.83. The minimum Gasteiger partial charge on any atom is -0.497 e. The SMILES string of the molecule is COc1ccc(C(CNC(=O)CSc2nnnn2-c2cc(C)ccc2C)N(C)C)cc1. The van der Waals surface area contributed by atoms with Crippen LogP contribution in [0.1, 0.15) is 22.7 Å². The highest BCUT2D eigenvalue weighted by Gasteiger charge is 2.17. The average molecular weight is 441 g/mol. The average Bonchev–Trinajstić information content (AvgIpc) is 3.22. The van der Waals surface area contributed by atoms with Crippen molar-refractivity contribution < 1.29 is 9.53 Å². The number of rotatable bonds is 9. The number of tetrazole rings is 1. The van der Waals surface area contributed by atoms with Gasteiger partial charge in [0.25, 0.3) is 0 Å². The fourth-order valence-corrected chi connectivity index (χ4v) is 3.90. The van der Waals surface area contributed by atoms with Gasteiger partial charge >= 0.3 is 0 Å². The summed E-state index contributed by atoms with van der Waals surface area (Å²) >= 11 is 1.32. The van der Waals surface area contributed by atoms with E-state index in [9.17, 15) is 4.79 Å². The van der Waals surface area contributed by atoms with Crippen LogP contribution in [0.5, 0.6) is 5.75 Å². The van der Waals surface area contributed by atoms with Crippen LogP contribution in [0.25, 0.3) is 5.69 Å². The molecule has 1 unspecified atom stereocenters. The number of nitrogens with one attached hydrogen (secondary N) is 1. The van der Waals surface area contributed by atoms with Gasteiger partial charge in [0.15, 0.2) is 0 Å². The number of carbonyl (C=O) groups is 1. The smallest absolute Gasteiger partial charge is 0.230 e. The summed E-state index contributed by atoms with van der Waals surface area (Å²) in [4.78, 5) is 14.6. The van der Waals surface area contributed by atoms with Gasteiger partial charge in [-0.3, -0.25) is 4.79 Å². The summed E-state index contributed by atoms with van der Waals surface area (Å²) in [5.74, 6) is 0.970. The van der Waals surface area contributed by atoms with E-state index in [4.69, 9.17) is 4.74 Å². The summed E-state index contributed by atoms with van der Waals surface area (Å²) in [6.07, 6.45) is 0. The Hall–Kier alpha value is -2.91. The number of methoxy groups -OCH3 is 1. The fourth-order valence-electron chi connectivity index (χ4n) is 3.18. The molecule has 9 heteroatoms. The van der Waals surface area contributed by atoms with Crippen molar-refractivity contribution >= 4 is 17.7 Å². The molecule has 0 saturated heterocycles. The molecule has 3 rings (SSSR count). The number of thioether (sulfide) groups is 1. The summed E-state index contributed by atoms with van der Waals surface area (Å²) in [6.45, 7) is 4.54. The molecule has 0 aliphatic rings. The zero-order valence-corrected chi connectivity index (χ0v) is 19.3. The Morgan fingerprint density at radius 3 is 2.61 bits per heavy atom. The van der Waals surface area contributed by atoms with Gasteiger partial charge in [-0.1, -0.05) is 36.0 Å². The monoisotopic (exact) mass is 440 g/mol. The lowest BCUT2D eigenvalue weighted by atomic mass is 10.1. The molecule has 1 atom stereocenters. The lowest BCUT2D eigenvalue weighted by Gasteiger charge is -2.25. The molecule has 0 radical (unpaired) electrons. The maximum Gasteiger partial charge on any atom is 0.230 e. The summed E-state index contributed by atoms with van der Waals surface area (Å²) < 4.78 is 6.91. The molecular formula is C22H28N6O2S. The van der Waals surface area contributed by atoms with Crippen molar-refractivity contribution in [1.82, 2.24) is 30.4 Å². The second-order valence-corrected chi connectivity index (χ2v) is 8.45. The molecule has 8 nitrogen and oxygen atoms in total.